The summed E-state index contributed by atoms with van der Waals surface area (Å²) in [5, 5.41) is 19.7. The molecule has 1 unspecified atom stereocenters. The third-order valence-electron chi connectivity index (χ3n) is 6.94. The summed E-state index contributed by atoms with van der Waals surface area (Å²) in [6.45, 7) is 3.32. The van der Waals surface area contributed by atoms with Crippen LogP contribution in [0, 0.1) is 17.8 Å². The van der Waals surface area contributed by atoms with Gasteiger partial charge < -0.3 is 24.4 Å². The van der Waals surface area contributed by atoms with Crippen LogP contribution >= 0.6 is 0 Å². The maximum Gasteiger partial charge on any atom is 0.341 e. The summed E-state index contributed by atoms with van der Waals surface area (Å²) in [7, 11) is 1.49. The average Bonchev–Trinajstić information content (AvgIpc) is 3.06. The Balaban J connectivity index is 1.65. The molecule has 6 atom stereocenters. The lowest BCUT2D eigenvalue weighted by Gasteiger charge is -2.32. The minimum absolute atomic E-state index is 0.161. The molecule has 2 aliphatic rings. The van der Waals surface area contributed by atoms with Crippen molar-refractivity contribution in [1.29, 1.82) is 0 Å². The number of fused-ring (bicyclic) bond motifs is 2. The number of aliphatic carboxylic acids is 1. The van der Waals surface area contributed by atoms with E-state index in [1.807, 2.05) is 19.1 Å². The van der Waals surface area contributed by atoms with E-state index in [1.165, 1.54) is 12.7 Å². The van der Waals surface area contributed by atoms with Crippen molar-refractivity contribution in [3.8, 4) is 5.75 Å². The van der Waals surface area contributed by atoms with E-state index in [4.69, 9.17) is 19.3 Å². The fourth-order valence-corrected chi connectivity index (χ4v) is 5.16. The van der Waals surface area contributed by atoms with E-state index in [2.05, 4.69) is 6.07 Å². The van der Waals surface area contributed by atoms with E-state index in [0.717, 1.165) is 44.1 Å². The first-order valence-electron chi connectivity index (χ1n) is 11.2. The predicted octanol–water partition coefficient (Wildman–Crippen LogP) is 3.00. The fraction of sp³-hybridized carbons (Fsp3) is 0.667. The second-order valence-corrected chi connectivity index (χ2v) is 8.80. The van der Waals surface area contributed by atoms with Crippen LogP contribution in [0.5, 0.6) is 5.75 Å². The molecule has 7 nitrogen and oxygen atoms in total. The van der Waals surface area contributed by atoms with Gasteiger partial charge in [-0.1, -0.05) is 19.1 Å². The Labute approximate surface area is 183 Å². The number of hydrogen-bond donors (Lipinski definition) is 2. The van der Waals surface area contributed by atoms with Crippen molar-refractivity contribution >= 4 is 11.9 Å². The number of rotatable bonds is 10. The third kappa shape index (κ3) is 5.57. The molecule has 0 amide bonds. The third-order valence-corrected chi connectivity index (χ3v) is 6.94. The van der Waals surface area contributed by atoms with Gasteiger partial charge in [-0.05, 0) is 80.4 Å². The van der Waals surface area contributed by atoms with Crippen LogP contribution in [0.25, 0.3) is 0 Å². The number of hydrogen-bond acceptors (Lipinski definition) is 6. The van der Waals surface area contributed by atoms with Gasteiger partial charge in [0, 0.05) is 7.11 Å². The second kappa shape index (κ2) is 10.5. The summed E-state index contributed by atoms with van der Waals surface area (Å²) in [4.78, 5) is 22.9. The molecular formula is C24H34O7. The molecule has 1 aromatic rings. The highest BCUT2D eigenvalue weighted by Crippen LogP contribution is 2.48. The van der Waals surface area contributed by atoms with E-state index in [9.17, 15) is 14.7 Å². The first-order valence-corrected chi connectivity index (χ1v) is 11.2. The Hall–Kier alpha value is -2.12. The summed E-state index contributed by atoms with van der Waals surface area (Å²) in [5.41, 5.74) is 2.25. The largest absolute Gasteiger partial charge is 0.482 e. The predicted molar refractivity (Wildman–Crippen MR) is 114 cm³/mol. The monoisotopic (exact) mass is 434 g/mol. The van der Waals surface area contributed by atoms with Crippen LogP contribution in [-0.4, -0.2) is 54.2 Å². The highest BCUT2D eigenvalue weighted by Gasteiger charge is 2.45. The zero-order chi connectivity index (χ0) is 22.5. The SMILES string of the molecule is CCC(CC[C@@H]1[C@H]2Cc3cccc(OCC(=O)O)c3C[C@H]2C[C@H]1O)OC(=O)[C@@H](C)OC. The normalized spacial score (nSPS) is 26.5. The molecule has 1 aromatic carbocycles. The number of carbonyl (C=O) groups is 2. The van der Waals surface area contributed by atoms with Crippen molar-refractivity contribution in [3.63, 3.8) is 0 Å². The number of methoxy groups -OCH3 is 1. The van der Waals surface area contributed by atoms with Gasteiger partial charge in [0.2, 0.25) is 0 Å². The molecule has 172 valence electrons. The smallest absolute Gasteiger partial charge is 0.341 e. The standard InChI is InChI=1S/C24H34O7/c1-4-17(31-24(28)14(2)29-3)8-9-18-19-10-15-6-5-7-22(30-13-23(26)27)20(15)11-16(19)12-21(18)25/h5-7,14,16-19,21,25H,4,8-13H2,1-3H3,(H,26,27)/t14-,16+,17?,18-,19+,21-/m1/s1. The Morgan fingerprint density at radius 2 is 2.03 bits per heavy atom. The van der Waals surface area contributed by atoms with E-state index in [1.54, 1.807) is 6.92 Å². The zero-order valence-corrected chi connectivity index (χ0v) is 18.6. The Bertz CT molecular complexity index is 777. The molecule has 0 saturated heterocycles. The van der Waals surface area contributed by atoms with Crippen LogP contribution in [0.4, 0.5) is 0 Å². The molecule has 0 spiro atoms. The molecule has 0 aromatic heterocycles. The maximum atomic E-state index is 12.1. The molecule has 1 fully saturated rings. The average molecular weight is 435 g/mol. The quantitative estimate of drug-likeness (QED) is 0.546. The number of aliphatic hydroxyl groups excluding tert-OH is 1. The van der Waals surface area contributed by atoms with Gasteiger partial charge in [0.1, 0.15) is 11.9 Å². The van der Waals surface area contributed by atoms with Gasteiger partial charge in [0.05, 0.1) is 6.10 Å². The molecular weight excluding hydrogens is 400 g/mol. The summed E-state index contributed by atoms with van der Waals surface area (Å²) >= 11 is 0. The molecule has 0 aliphatic heterocycles. The van der Waals surface area contributed by atoms with Crippen LogP contribution < -0.4 is 4.74 Å². The van der Waals surface area contributed by atoms with Crippen LogP contribution in [-0.2, 0) is 31.9 Å². The van der Waals surface area contributed by atoms with Gasteiger partial charge >= 0.3 is 11.9 Å². The number of carboxylic acids is 1. The molecule has 0 bridgehead atoms. The molecule has 1 saturated carbocycles. The molecule has 2 N–H and O–H groups in total. The van der Waals surface area contributed by atoms with E-state index < -0.39 is 12.1 Å². The lowest BCUT2D eigenvalue weighted by Crippen LogP contribution is -2.30. The van der Waals surface area contributed by atoms with Crippen LogP contribution in [0.2, 0.25) is 0 Å². The summed E-state index contributed by atoms with van der Waals surface area (Å²) in [6.07, 6.45) is 3.50. The Kier molecular flexibility index (Phi) is 7.94. The van der Waals surface area contributed by atoms with Gasteiger partial charge in [0.25, 0.3) is 0 Å². The van der Waals surface area contributed by atoms with E-state index in [0.29, 0.717) is 17.6 Å². The van der Waals surface area contributed by atoms with Gasteiger partial charge in [-0.2, -0.15) is 0 Å². The van der Waals surface area contributed by atoms with Gasteiger partial charge in [-0.25, -0.2) is 9.59 Å². The topological polar surface area (TPSA) is 102 Å². The summed E-state index contributed by atoms with van der Waals surface area (Å²) in [5.74, 6) is 0.172. The first-order chi connectivity index (χ1) is 14.8. The zero-order valence-electron chi connectivity index (χ0n) is 18.6. The number of aliphatic hydroxyl groups is 1. The lowest BCUT2D eigenvalue weighted by molar-refractivity contribution is -0.160. The van der Waals surface area contributed by atoms with Gasteiger partial charge in [-0.3, -0.25) is 0 Å². The molecule has 31 heavy (non-hydrogen) atoms. The minimum atomic E-state index is -0.992. The number of benzene rings is 1. The number of carboxylic acid groups (broad SMARTS) is 1. The van der Waals surface area contributed by atoms with E-state index in [-0.39, 0.29) is 30.7 Å². The van der Waals surface area contributed by atoms with Crippen molar-refractivity contribution in [2.24, 2.45) is 17.8 Å². The van der Waals surface area contributed by atoms with Gasteiger partial charge in [-0.15, -0.1) is 0 Å². The summed E-state index contributed by atoms with van der Waals surface area (Å²) < 4.78 is 16.1. The Morgan fingerprint density at radius 1 is 1.26 bits per heavy atom. The van der Waals surface area contributed by atoms with E-state index >= 15 is 0 Å². The minimum Gasteiger partial charge on any atom is -0.482 e. The second-order valence-electron chi connectivity index (χ2n) is 8.80. The molecule has 3 rings (SSSR count). The van der Waals surface area contributed by atoms with Crippen molar-refractivity contribution in [1.82, 2.24) is 0 Å². The highest BCUT2D eigenvalue weighted by atomic mass is 16.6. The Morgan fingerprint density at radius 3 is 2.71 bits per heavy atom. The van der Waals surface area contributed by atoms with Crippen LogP contribution in [0.15, 0.2) is 18.2 Å². The molecule has 0 radical (unpaired) electrons. The number of esters is 1. The fourth-order valence-electron chi connectivity index (χ4n) is 5.16. The first kappa shape index (κ1) is 23.5. The van der Waals surface area contributed by atoms with Crippen molar-refractivity contribution in [2.45, 2.75) is 70.7 Å². The molecule has 0 heterocycles. The number of ether oxygens (including phenoxy) is 3. The van der Waals surface area contributed by atoms with Crippen LogP contribution in [0.3, 0.4) is 0 Å². The van der Waals surface area contributed by atoms with Crippen molar-refractivity contribution < 1.29 is 34.0 Å². The molecule has 2 aliphatic carbocycles. The van der Waals surface area contributed by atoms with Crippen molar-refractivity contribution in [2.75, 3.05) is 13.7 Å². The number of carbonyl (C=O) groups excluding carboxylic acids is 1. The maximum absolute atomic E-state index is 12.1. The van der Waals surface area contributed by atoms with Crippen molar-refractivity contribution in [3.05, 3.63) is 29.3 Å². The molecule has 7 heteroatoms. The summed E-state index contributed by atoms with van der Waals surface area (Å²) in [6, 6.07) is 5.80. The lowest BCUT2D eigenvalue weighted by atomic mass is 9.73. The van der Waals surface area contributed by atoms with Gasteiger partial charge in [0.15, 0.2) is 12.7 Å². The van der Waals surface area contributed by atoms with Crippen LogP contribution in [0.1, 0.15) is 50.7 Å². The highest BCUT2D eigenvalue weighted by molar-refractivity contribution is 5.74.